The Morgan fingerprint density at radius 1 is 1.33 bits per heavy atom. The molecule has 1 heterocycles. The predicted molar refractivity (Wildman–Crippen MR) is 83.6 cm³/mol. The fourth-order valence-electron chi connectivity index (χ4n) is 2.12. The minimum Gasteiger partial charge on any atom is -0.464 e. The summed E-state index contributed by atoms with van der Waals surface area (Å²) in [7, 11) is 1.37. The maximum atomic E-state index is 11.4. The molecular weight excluding hydrogens is 288 g/mol. The minimum absolute atomic E-state index is 0.273. The lowest BCUT2D eigenvalue weighted by Crippen LogP contribution is -2.27. The number of H-pyrrole nitrogens is 1. The molecule has 2 rings (SSSR count). The number of hydrogen-bond donors (Lipinski definition) is 2. The van der Waals surface area contributed by atoms with E-state index in [0.29, 0.717) is 12.2 Å². The SMILES string of the molecule is COC(=O)c1ccc(CNC(C)Cc2ccccc2Cl)[nH]1. The topological polar surface area (TPSA) is 54.1 Å². The Hall–Kier alpha value is -1.78. The number of halogens is 1. The summed E-state index contributed by atoms with van der Waals surface area (Å²) in [6.07, 6.45) is 0.851. The van der Waals surface area contributed by atoms with Gasteiger partial charge in [-0.2, -0.15) is 0 Å². The highest BCUT2D eigenvalue weighted by Crippen LogP contribution is 2.16. The smallest absolute Gasteiger partial charge is 0.354 e. The first kappa shape index (κ1) is 15.6. The van der Waals surface area contributed by atoms with Crippen LogP contribution in [0, 0.1) is 0 Å². The number of carbonyl (C=O) groups is 1. The Morgan fingerprint density at radius 2 is 2.10 bits per heavy atom. The van der Waals surface area contributed by atoms with Crippen molar-refractivity contribution in [1.29, 1.82) is 0 Å². The van der Waals surface area contributed by atoms with Gasteiger partial charge in [-0.15, -0.1) is 0 Å². The van der Waals surface area contributed by atoms with Crippen LogP contribution < -0.4 is 5.32 Å². The van der Waals surface area contributed by atoms with E-state index in [1.807, 2.05) is 30.3 Å². The molecule has 1 unspecified atom stereocenters. The third kappa shape index (κ3) is 4.34. The summed E-state index contributed by atoms with van der Waals surface area (Å²) in [6.45, 7) is 2.76. The molecule has 1 aromatic carbocycles. The van der Waals surface area contributed by atoms with E-state index in [2.05, 4.69) is 22.0 Å². The van der Waals surface area contributed by atoms with Crippen molar-refractivity contribution in [3.05, 3.63) is 58.4 Å². The molecule has 112 valence electrons. The molecule has 21 heavy (non-hydrogen) atoms. The van der Waals surface area contributed by atoms with Gasteiger partial charge in [0, 0.05) is 23.3 Å². The van der Waals surface area contributed by atoms with Gasteiger partial charge in [0.2, 0.25) is 0 Å². The van der Waals surface area contributed by atoms with Crippen LogP contribution in [0.15, 0.2) is 36.4 Å². The molecule has 1 aromatic heterocycles. The first-order chi connectivity index (χ1) is 10.1. The summed E-state index contributed by atoms with van der Waals surface area (Å²) >= 11 is 6.15. The van der Waals surface area contributed by atoms with Crippen molar-refractivity contribution < 1.29 is 9.53 Å². The zero-order valence-corrected chi connectivity index (χ0v) is 12.9. The van der Waals surface area contributed by atoms with E-state index < -0.39 is 0 Å². The van der Waals surface area contributed by atoms with Crippen LogP contribution in [-0.2, 0) is 17.7 Å². The number of aromatic amines is 1. The maximum absolute atomic E-state index is 11.4. The average molecular weight is 307 g/mol. The van der Waals surface area contributed by atoms with E-state index in [0.717, 1.165) is 22.7 Å². The molecule has 4 nitrogen and oxygen atoms in total. The van der Waals surface area contributed by atoms with E-state index in [1.165, 1.54) is 7.11 Å². The standard InChI is InChI=1S/C16H19ClN2O2/c1-11(9-12-5-3-4-6-14(12)17)18-10-13-7-8-15(19-13)16(20)21-2/h3-8,11,18-19H,9-10H2,1-2H3. The maximum Gasteiger partial charge on any atom is 0.354 e. The molecule has 0 spiro atoms. The van der Waals surface area contributed by atoms with Gasteiger partial charge in [-0.05, 0) is 37.1 Å². The largest absolute Gasteiger partial charge is 0.464 e. The molecule has 0 amide bonds. The van der Waals surface area contributed by atoms with Gasteiger partial charge in [0.1, 0.15) is 5.69 Å². The predicted octanol–water partition coefficient (Wildman–Crippen LogP) is 3.18. The van der Waals surface area contributed by atoms with E-state index in [9.17, 15) is 4.79 Å². The quantitative estimate of drug-likeness (QED) is 0.806. The van der Waals surface area contributed by atoms with Gasteiger partial charge in [0.25, 0.3) is 0 Å². The third-order valence-corrected chi connectivity index (χ3v) is 3.65. The highest BCUT2D eigenvalue weighted by Gasteiger charge is 2.09. The minimum atomic E-state index is -0.356. The molecule has 0 aliphatic carbocycles. The highest BCUT2D eigenvalue weighted by molar-refractivity contribution is 6.31. The van der Waals surface area contributed by atoms with Gasteiger partial charge >= 0.3 is 5.97 Å². The molecule has 0 radical (unpaired) electrons. The van der Waals surface area contributed by atoms with Gasteiger partial charge in [-0.1, -0.05) is 29.8 Å². The fourth-order valence-corrected chi connectivity index (χ4v) is 2.34. The number of rotatable bonds is 6. The lowest BCUT2D eigenvalue weighted by Gasteiger charge is -2.14. The van der Waals surface area contributed by atoms with Gasteiger partial charge in [0.15, 0.2) is 0 Å². The monoisotopic (exact) mass is 306 g/mol. The number of aromatic nitrogens is 1. The highest BCUT2D eigenvalue weighted by atomic mass is 35.5. The second-order valence-corrected chi connectivity index (χ2v) is 5.37. The van der Waals surface area contributed by atoms with Crippen LogP contribution in [0.2, 0.25) is 5.02 Å². The summed E-state index contributed by atoms with van der Waals surface area (Å²) < 4.78 is 4.66. The van der Waals surface area contributed by atoms with Crippen molar-refractivity contribution in [1.82, 2.24) is 10.3 Å². The van der Waals surface area contributed by atoms with Gasteiger partial charge in [-0.25, -0.2) is 4.79 Å². The van der Waals surface area contributed by atoms with Crippen molar-refractivity contribution in [2.24, 2.45) is 0 Å². The molecule has 5 heteroatoms. The second kappa shape index (κ2) is 7.29. The van der Waals surface area contributed by atoms with Crippen molar-refractivity contribution >= 4 is 17.6 Å². The van der Waals surface area contributed by atoms with E-state index in [1.54, 1.807) is 6.07 Å². The Balaban J connectivity index is 1.86. The Bertz CT molecular complexity index is 610. The molecule has 0 aliphatic heterocycles. The molecule has 0 aliphatic rings. The van der Waals surface area contributed by atoms with Crippen molar-refractivity contribution in [3.63, 3.8) is 0 Å². The normalized spacial score (nSPS) is 12.1. The Morgan fingerprint density at radius 3 is 2.81 bits per heavy atom. The van der Waals surface area contributed by atoms with Crippen LogP contribution in [0.4, 0.5) is 0 Å². The van der Waals surface area contributed by atoms with E-state index >= 15 is 0 Å². The number of nitrogens with one attached hydrogen (secondary N) is 2. The van der Waals surface area contributed by atoms with Crippen molar-refractivity contribution in [3.8, 4) is 0 Å². The molecular formula is C16H19ClN2O2. The number of ether oxygens (including phenoxy) is 1. The fraction of sp³-hybridized carbons (Fsp3) is 0.312. The van der Waals surface area contributed by atoms with Crippen molar-refractivity contribution in [2.75, 3.05) is 7.11 Å². The van der Waals surface area contributed by atoms with Crippen molar-refractivity contribution in [2.45, 2.75) is 25.9 Å². The first-order valence-corrected chi connectivity index (χ1v) is 7.21. The Labute approximate surface area is 129 Å². The Kier molecular flexibility index (Phi) is 5.42. The number of carbonyl (C=O) groups excluding carboxylic acids is 1. The summed E-state index contributed by atoms with van der Waals surface area (Å²) in [5.41, 5.74) is 2.54. The summed E-state index contributed by atoms with van der Waals surface area (Å²) in [5.74, 6) is -0.356. The second-order valence-electron chi connectivity index (χ2n) is 4.97. The molecule has 0 bridgehead atoms. The summed E-state index contributed by atoms with van der Waals surface area (Å²) in [5, 5.41) is 4.19. The molecule has 2 N–H and O–H groups in total. The number of methoxy groups -OCH3 is 1. The third-order valence-electron chi connectivity index (χ3n) is 3.28. The van der Waals surface area contributed by atoms with Gasteiger partial charge < -0.3 is 15.0 Å². The zero-order valence-electron chi connectivity index (χ0n) is 12.2. The van der Waals surface area contributed by atoms with Crippen LogP contribution in [0.25, 0.3) is 0 Å². The summed E-state index contributed by atoms with van der Waals surface area (Å²) in [4.78, 5) is 14.4. The van der Waals surface area contributed by atoms with Crippen LogP contribution in [-0.4, -0.2) is 24.1 Å². The van der Waals surface area contributed by atoms with E-state index in [4.69, 9.17) is 11.6 Å². The molecule has 2 aromatic rings. The molecule has 0 saturated carbocycles. The van der Waals surface area contributed by atoms with Crippen LogP contribution >= 0.6 is 11.6 Å². The first-order valence-electron chi connectivity index (χ1n) is 6.83. The van der Waals surface area contributed by atoms with Crippen LogP contribution in [0.5, 0.6) is 0 Å². The number of hydrogen-bond acceptors (Lipinski definition) is 3. The van der Waals surface area contributed by atoms with Crippen LogP contribution in [0.1, 0.15) is 28.7 Å². The zero-order chi connectivity index (χ0) is 15.2. The summed E-state index contributed by atoms with van der Waals surface area (Å²) in [6, 6.07) is 11.7. The van der Waals surface area contributed by atoms with E-state index in [-0.39, 0.29) is 12.0 Å². The lowest BCUT2D eigenvalue weighted by atomic mass is 10.1. The molecule has 0 fully saturated rings. The molecule has 0 saturated heterocycles. The lowest BCUT2D eigenvalue weighted by molar-refractivity contribution is 0.0594. The van der Waals surface area contributed by atoms with Crippen LogP contribution in [0.3, 0.4) is 0 Å². The number of esters is 1. The number of benzene rings is 1. The van der Waals surface area contributed by atoms with Gasteiger partial charge in [0.05, 0.1) is 7.11 Å². The molecule has 1 atom stereocenters. The van der Waals surface area contributed by atoms with Gasteiger partial charge in [-0.3, -0.25) is 0 Å². The average Bonchev–Trinajstić information content (AvgIpc) is 2.96.